The van der Waals surface area contributed by atoms with Gasteiger partial charge in [0.15, 0.2) is 0 Å². The van der Waals surface area contributed by atoms with Gasteiger partial charge in [0, 0.05) is 17.6 Å². The van der Waals surface area contributed by atoms with Crippen molar-refractivity contribution in [1.29, 1.82) is 0 Å². The Balaban J connectivity index is 1.81. The van der Waals surface area contributed by atoms with Crippen molar-refractivity contribution < 1.29 is 4.74 Å². The van der Waals surface area contributed by atoms with Crippen LogP contribution in [-0.2, 0) is 11.2 Å². The van der Waals surface area contributed by atoms with Crippen LogP contribution in [0.5, 0.6) is 0 Å². The molecule has 1 saturated heterocycles. The second-order valence-corrected chi connectivity index (χ2v) is 4.93. The van der Waals surface area contributed by atoms with Crippen molar-refractivity contribution in [2.24, 2.45) is 0 Å². The van der Waals surface area contributed by atoms with Gasteiger partial charge in [-0.25, -0.2) is 0 Å². The lowest BCUT2D eigenvalue weighted by Gasteiger charge is -2.24. The standard InChI is InChI=1S/C13H15ClN4O/c14-13-2-1-12(18-16-3-4-17-18)8-10(13)7-11-9-19-6-5-15-11/h1-4,8,11,15H,5-7,9H2. The molecule has 5 nitrogen and oxygen atoms in total. The number of morpholine rings is 1. The van der Waals surface area contributed by atoms with Crippen LogP contribution in [0.4, 0.5) is 0 Å². The second kappa shape index (κ2) is 5.69. The van der Waals surface area contributed by atoms with Gasteiger partial charge in [0.1, 0.15) is 0 Å². The number of hydrogen-bond acceptors (Lipinski definition) is 4. The predicted octanol–water partition coefficient (Wildman–Crippen LogP) is 1.45. The van der Waals surface area contributed by atoms with Crippen molar-refractivity contribution in [3.63, 3.8) is 0 Å². The van der Waals surface area contributed by atoms with Crippen molar-refractivity contribution >= 4 is 11.6 Å². The molecule has 2 heterocycles. The maximum Gasteiger partial charge on any atom is 0.0860 e. The summed E-state index contributed by atoms with van der Waals surface area (Å²) in [4.78, 5) is 1.59. The van der Waals surface area contributed by atoms with Gasteiger partial charge in [-0.15, -0.1) is 0 Å². The molecule has 1 aromatic heterocycles. The summed E-state index contributed by atoms with van der Waals surface area (Å²) in [5.74, 6) is 0. The second-order valence-electron chi connectivity index (χ2n) is 4.52. The van der Waals surface area contributed by atoms with E-state index in [9.17, 15) is 0 Å². The summed E-state index contributed by atoms with van der Waals surface area (Å²) in [6.07, 6.45) is 4.16. The quantitative estimate of drug-likeness (QED) is 0.923. The Morgan fingerprint density at radius 2 is 2.21 bits per heavy atom. The number of rotatable bonds is 3. The Hall–Kier alpha value is -1.43. The number of aromatic nitrogens is 3. The Morgan fingerprint density at radius 3 is 2.95 bits per heavy atom. The first-order valence-corrected chi connectivity index (χ1v) is 6.67. The molecular formula is C13H15ClN4O. The van der Waals surface area contributed by atoms with Gasteiger partial charge in [-0.1, -0.05) is 11.6 Å². The summed E-state index contributed by atoms with van der Waals surface area (Å²) in [6.45, 7) is 2.39. The van der Waals surface area contributed by atoms with Gasteiger partial charge < -0.3 is 10.1 Å². The van der Waals surface area contributed by atoms with E-state index in [4.69, 9.17) is 16.3 Å². The number of benzene rings is 1. The van der Waals surface area contributed by atoms with Crippen LogP contribution in [0.15, 0.2) is 30.6 Å². The fraction of sp³-hybridized carbons (Fsp3) is 0.385. The molecule has 0 aliphatic carbocycles. The van der Waals surface area contributed by atoms with Crippen LogP contribution in [0.1, 0.15) is 5.56 Å². The zero-order valence-corrected chi connectivity index (χ0v) is 11.2. The van der Waals surface area contributed by atoms with E-state index in [1.54, 1.807) is 17.2 Å². The van der Waals surface area contributed by atoms with Crippen LogP contribution in [0.2, 0.25) is 5.02 Å². The number of halogens is 1. The molecule has 2 aromatic rings. The average Bonchev–Trinajstić information content (AvgIpc) is 2.96. The molecule has 1 N–H and O–H groups in total. The molecule has 1 atom stereocenters. The summed E-state index contributed by atoms with van der Waals surface area (Å²) in [7, 11) is 0. The minimum atomic E-state index is 0.312. The zero-order valence-electron chi connectivity index (χ0n) is 10.4. The predicted molar refractivity (Wildman–Crippen MR) is 72.7 cm³/mol. The topological polar surface area (TPSA) is 52.0 Å². The van der Waals surface area contributed by atoms with Crippen LogP contribution >= 0.6 is 11.6 Å². The summed E-state index contributed by atoms with van der Waals surface area (Å²) in [6, 6.07) is 6.14. The highest BCUT2D eigenvalue weighted by molar-refractivity contribution is 6.31. The van der Waals surface area contributed by atoms with Gasteiger partial charge in [-0.2, -0.15) is 15.0 Å². The van der Waals surface area contributed by atoms with Gasteiger partial charge in [-0.3, -0.25) is 0 Å². The number of hydrogen-bond donors (Lipinski definition) is 1. The van der Waals surface area contributed by atoms with Crippen molar-refractivity contribution in [3.8, 4) is 5.69 Å². The first-order chi connectivity index (χ1) is 9.33. The van der Waals surface area contributed by atoms with E-state index >= 15 is 0 Å². The third kappa shape index (κ3) is 2.94. The molecule has 0 spiro atoms. The first-order valence-electron chi connectivity index (χ1n) is 6.29. The van der Waals surface area contributed by atoms with Crippen molar-refractivity contribution in [1.82, 2.24) is 20.3 Å². The lowest BCUT2D eigenvalue weighted by atomic mass is 10.1. The third-order valence-corrected chi connectivity index (χ3v) is 3.51. The zero-order chi connectivity index (χ0) is 13.1. The largest absolute Gasteiger partial charge is 0.379 e. The molecule has 3 rings (SSSR count). The monoisotopic (exact) mass is 278 g/mol. The number of ether oxygens (including phenoxy) is 1. The van der Waals surface area contributed by atoms with E-state index in [0.29, 0.717) is 6.04 Å². The van der Waals surface area contributed by atoms with Crippen molar-refractivity contribution in [3.05, 3.63) is 41.2 Å². The summed E-state index contributed by atoms with van der Waals surface area (Å²) in [5.41, 5.74) is 2.00. The lowest BCUT2D eigenvalue weighted by molar-refractivity contribution is 0.0770. The number of nitrogens with zero attached hydrogens (tertiary/aromatic N) is 3. The van der Waals surface area contributed by atoms with E-state index in [1.807, 2.05) is 18.2 Å². The van der Waals surface area contributed by atoms with E-state index in [2.05, 4.69) is 15.5 Å². The molecule has 1 aromatic carbocycles. The minimum Gasteiger partial charge on any atom is -0.379 e. The van der Waals surface area contributed by atoms with Crippen molar-refractivity contribution in [2.75, 3.05) is 19.8 Å². The van der Waals surface area contributed by atoms with Crippen LogP contribution in [0, 0.1) is 0 Å². The van der Waals surface area contributed by atoms with E-state index in [0.717, 1.165) is 42.5 Å². The lowest BCUT2D eigenvalue weighted by Crippen LogP contribution is -2.42. The molecule has 1 aliphatic rings. The molecule has 0 radical (unpaired) electrons. The van der Waals surface area contributed by atoms with Gasteiger partial charge in [0.2, 0.25) is 0 Å². The van der Waals surface area contributed by atoms with E-state index in [-0.39, 0.29) is 0 Å². The molecular weight excluding hydrogens is 264 g/mol. The van der Waals surface area contributed by atoms with Crippen LogP contribution in [0.25, 0.3) is 5.69 Å². The summed E-state index contributed by atoms with van der Waals surface area (Å²) in [5, 5.41) is 12.4. The Kier molecular flexibility index (Phi) is 3.77. The van der Waals surface area contributed by atoms with E-state index in [1.165, 1.54) is 0 Å². The normalized spacial score (nSPS) is 19.5. The highest BCUT2D eigenvalue weighted by atomic mass is 35.5. The van der Waals surface area contributed by atoms with Gasteiger partial charge >= 0.3 is 0 Å². The molecule has 1 fully saturated rings. The van der Waals surface area contributed by atoms with Crippen LogP contribution in [0.3, 0.4) is 0 Å². The Bertz CT molecular complexity index is 538. The molecule has 1 unspecified atom stereocenters. The van der Waals surface area contributed by atoms with E-state index < -0.39 is 0 Å². The molecule has 0 amide bonds. The first kappa shape index (κ1) is 12.6. The fourth-order valence-electron chi connectivity index (χ4n) is 2.21. The Labute approximate surface area is 116 Å². The van der Waals surface area contributed by atoms with Crippen LogP contribution in [-0.4, -0.2) is 40.8 Å². The maximum atomic E-state index is 6.26. The van der Waals surface area contributed by atoms with Gasteiger partial charge in [0.25, 0.3) is 0 Å². The fourth-order valence-corrected chi connectivity index (χ4v) is 2.40. The van der Waals surface area contributed by atoms with Crippen molar-refractivity contribution in [2.45, 2.75) is 12.5 Å². The van der Waals surface area contributed by atoms with Crippen LogP contribution < -0.4 is 5.32 Å². The molecule has 19 heavy (non-hydrogen) atoms. The Morgan fingerprint density at radius 1 is 1.37 bits per heavy atom. The summed E-state index contributed by atoms with van der Waals surface area (Å²) >= 11 is 6.26. The molecule has 0 saturated carbocycles. The highest BCUT2D eigenvalue weighted by Gasteiger charge is 2.15. The average molecular weight is 279 g/mol. The van der Waals surface area contributed by atoms with Gasteiger partial charge in [-0.05, 0) is 30.2 Å². The number of nitrogens with one attached hydrogen (secondary N) is 1. The third-order valence-electron chi connectivity index (χ3n) is 3.14. The SMILES string of the molecule is Clc1ccc(-n2nccn2)cc1CC1COCCN1. The highest BCUT2D eigenvalue weighted by Crippen LogP contribution is 2.21. The summed E-state index contributed by atoms with van der Waals surface area (Å²) < 4.78 is 5.46. The maximum absolute atomic E-state index is 6.26. The smallest absolute Gasteiger partial charge is 0.0860 e. The molecule has 1 aliphatic heterocycles. The minimum absolute atomic E-state index is 0.312. The molecule has 100 valence electrons. The molecule has 0 bridgehead atoms. The molecule has 6 heteroatoms. The van der Waals surface area contributed by atoms with Gasteiger partial charge in [0.05, 0.1) is 31.3 Å².